The average molecular weight is 288 g/mol. The highest BCUT2D eigenvalue weighted by Crippen LogP contribution is 2.20. The topological polar surface area (TPSA) is 77.5 Å². The van der Waals surface area contributed by atoms with Crippen LogP contribution in [0.1, 0.15) is 0 Å². The normalized spacial score (nSPS) is 10.5. The number of hydrogen-bond donors (Lipinski definition) is 1. The molecule has 0 saturated carbocycles. The highest BCUT2D eigenvalue weighted by Gasteiger charge is 2.12. The van der Waals surface area contributed by atoms with E-state index in [2.05, 4.69) is 5.10 Å². The molecule has 0 aliphatic carbocycles. The molecule has 21 heavy (non-hydrogen) atoms. The van der Waals surface area contributed by atoms with Crippen LogP contribution >= 0.6 is 0 Å². The van der Waals surface area contributed by atoms with E-state index in [1.165, 1.54) is 36.4 Å². The molecule has 106 valence electrons. The van der Waals surface area contributed by atoms with Crippen molar-refractivity contribution in [1.82, 2.24) is 9.78 Å². The van der Waals surface area contributed by atoms with Gasteiger partial charge in [-0.3, -0.25) is 0 Å². The van der Waals surface area contributed by atoms with Crippen molar-refractivity contribution in [3.05, 3.63) is 64.9 Å². The molecule has 3 aromatic rings. The lowest BCUT2D eigenvalue weighted by Crippen LogP contribution is -2.13. The van der Waals surface area contributed by atoms with Crippen LogP contribution in [0.2, 0.25) is 0 Å². The van der Waals surface area contributed by atoms with Crippen LogP contribution < -0.4 is 10.5 Å². The smallest absolute Gasteiger partial charge is 0.444 e. The number of phenols is 1. The first-order valence-corrected chi connectivity index (χ1v) is 5.95. The molecule has 0 saturated heterocycles. The lowest BCUT2D eigenvalue weighted by atomic mass is 10.3. The number of benzene rings is 2. The van der Waals surface area contributed by atoms with Crippen LogP contribution in [0, 0.1) is 5.82 Å². The van der Waals surface area contributed by atoms with Crippen molar-refractivity contribution in [2.45, 2.75) is 0 Å². The summed E-state index contributed by atoms with van der Waals surface area (Å²) in [5.41, 5.74) is 0.331. The Morgan fingerprint density at radius 3 is 2.67 bits per heavy atom. The molecule has 3 rings (SSSR count). The molecule has 1 heterocycles. The first-order chi connectivity index (χ1) is 10.1. The van der Waals surface area contributed by atoms with Crippen LogP contribution in [0.3, 0.4) is 0 Å². The summed E-state index contributed by atoms with van der Waals surface area (Å²) in [7, 11) is 0. The predicted molar refractivity (Wildman–Crippen MR) is 70.2 cm³/mol. The van der Waals surface area contributed by atoms with Crippen LogP contribution in [-0.4, -0.2) is 14.9 Å². The molecular weight excluding hydrogens is 279 g/mol. The molecule has 0 spiro atoms. The van der Waals surface area contributed by atoms with Gasteiger partial charge < -0.3 is 14.3 Å². The summed E-state index contributed by atoms with van der Waals surface area (Å²) >= 11 is 0. The summed E-state index contributed by atoms with van der Waals surface area (Å²) in [6.07, 6.45) is -0.282. The third kappa shape index (κ3) is 2.76. The molecule has 0 aliphatic rings. The van der Waals surface area contributed by atoms with Gasteiger partial charge >= 0.3 is 11.8 Å². The third-order valence-electron chi connectivity index (χ3n) is 2.62. The van der Waals surface area contributed by atoms with Gasteiger partial charge in [0.2, 0.25) is 0 Å². The number of phenolic OH excluding ortho intramolecular Hbond substituents is 1. The van der Waals surface area contributed by atoms with E-state index < -0.39 is 11.6 Å². The van der Waals surface area contributed by atoms with Crippen molar-refractivity contribution in [2.24, 2.45) is 0 Å². The van der Waals surface area contributed by atoms with Crippen LogP contribution in [0.4, 0.5) is 4.39 Å². The Morgan fingerprint density at radius 1 is 1.19 bits per heavy atom. The van der Waals surface area contributed by atoms with Crippen molar-refractivity contribution in [3.63, 3.8) is 0 Å². The highest BCUT2D eigenvalue weighted by molar-refractivity contribution is 5.37. The zero-order valence-corrected chi connectivity index (χ0v) is 10.6. The van der Waals surface area contributed by atoms with Gasteiger partial charge in [-0.2, -0.15) is 4.68 Å². The lowest BCUT2D eigenvalue weighted by Gasteiger charge is -1.99. The maximum atomic E-state index is 12.8. The van der Waals surface area contributed by atoms with Gasteiger partial charge in [0.05, 0.1) is 5.69 Å². The predicted octanol–water partition coefficient (Wildman–Crippen LogP) is 2.46. The minimum Gasteiger partial charge on any atom is -0.508 e. The van der Waals surface area contributed by atoms with Gasteiger partial charge in [0.15, 0.2) is 0 Å². The molecule has 1 aromatic heterocycles. The van der Waals surface area contributed by atoms with Gasteiger partial charge in [-0.1, -0.05) is 11.2 Å². The monoisotopic (exact) mass is 288 g/mol. The number of aromatic hydroxyl groups is 1. The molecule has 0 radical (unpaired) electrons. The number of hydrogen-bond acceptors (Lipinski definition) is 5. The Hall–Kier alpha value is -3.09. The van der Waals surface area contributed by atoms with E-state index in [9.17, 15) is 14.3 Å². The van der Waals surface area contributed by atoms with Crippen LogP contribution in [0.25, 0.3) is 5.69 Å². The Balaban J connectivity index is 1.91. The van der Waals surface area contributed by atoms with Crippen molar-refractivity contribution in [2.75, 3.05) is 0 Å². The molecular formula is C14H9FN2O4. The van der Waals surface area contributed by atoms with Crippen molar-refractivity contribution in [3.8, 4) is 23.3 Å². The molecule has 0 atom stereocenters. The zero-order chi connectivity index (χ0) is 14.8. The minimum atomic E-state index is -0.766. The van der Waals surface area contributed by atoms with Crippen molar-refractivity contribution in [1.29, 1.82) is 0 Å². The first-order valence-electron chi connectivity index (χ1n) is 5.95. The van der Waals surface area contributed by atoms with E-state index in [-0.39, 0.29) is 17.6 Å². The van der Waals surface area contributed by atoms with Crippen LogP contribution in [-0.2, 0) is 0 Å². The summed E-state index contributed by atoms with van der Waals surface area (Å²) < 4.78 is 23.8. The summed E-state index contributed by atoms with van der Waals surface area (Å²) in [5.74, 6) is -0.907. The van der Waals surface area contributed by atoms with Gasteiger partial charge in [-0.25, -0.2) is 9.18 Å². The first kappa shape index (κ1) is 12.9. The fourth-order valence-electron chi connectivity index (χ4n) is 1.69. The number of aromatic nitrogens is 2. The van der Waals surface area contributed by atoms with E-state index in [1.54, 1.807) is 12.1 Å². The van der Waals surface area contributed by atoms with Crippen molar-refractivity contribution < 1.29 is 18.7 Å². The Kier molecular flexibility index (Phi) is 3.15. The molecule has 0 unspecified atom stereocenters. The molecule has 0 fully saturated rings. The quantitative estimate of drug-likeness (QED) is 0.801. The molecule has 2 aromatic carbocycles. The average Bonchev–Trinajstić information content (AvgIpc) is 2.82. The minimum absolute atomic E-state index is 0.0107. The van der Waals surface area contributed by atoms with Crippen molar-refractivity contribution >= 4 is 0 Å². The number of halogens is 1. The maximum absolute atomic E-state index is 12.8. The fourth-order valence-corrected chi connectivity index (χ4v) is 1.69. The second-order valence-electron chi connectivity index (χ2n) is 4.12. The van der Waals surface area contributed by atoms with Crippen LogP contribution in [0.15, 0.2) is 57.7 Å². The van der Waals surface area contributed by atoms with Gasteiger partial charge in [-0.15, -0.1) is 0 Å². The van der Waals surface area contributed by atoms with Gasteiger partial charge in [0.1, 0.15) is 17.3 Å². The van der Waals surface area contributed by atoms with E-state index in [0.29, 0.717) is 5.69 Å². The Morgan fingerprint density at radius 2 is 1.95 bits per heavy atom. The second-order valence-corrected chi connectivity index (χ2v) is 4.12. The largest absolute Gasteiger partial charge is 0.508 e. The molecule has 0 bridgehead atoms. The Labute approximate surface area is 117 Å². The lowest BCUT2D eigenvalue weighted by molar-refractivity contribution is 0.320. The van der Waals surface area contributed by atoms with E-state index >= 15 is 0 Å². The highest BCUT2D eigenvalue weighted by atomic mass is 19.1. The molecule has 0 amide bonds. The molecule has 1 N–H and O–H groups in total. The zero-order valence-electron chi connectivity index (χ0n) is 10.6. The number of nitrogens with zero attached hydrogens (tertiary/aromatic N) is 2. The Bertz CT molecular complexity index is 823. The third-order valence-corrected chi connectivity index (χ3v) is 2.62. The number of ether oxygens (including phenoxy) is 1. The second kappa shape index (κ2) is 5.12. The SMILES string of the molecule is O=c1oc(Oc2ccc(F)cc2)nn1-c1cccc(O)c1. The van der Waals surface area contributed by atoms with Gasteiger partial charge in [0, 0.05) is 6.07 Å². The fraction of sp³-hybridized carbons (Fsp3) is 0. The van der Waals surface area contributed by atoms with E-state index in [1.807, 2.05) is 0 Å². The van der Waals surface area contributed by atoms with Gasteiger partial charge in [0.25, 0.3) is 0 Å². The van der Waals surface area contributed by atoms with E-state index in [0.717, 1.165) is 4.68 Å². The molecule has 6 nitrogen and oxygen atoms in total. The van der Waals surface area contributed by atoms with Gasteiger partial charge in [-0.05, 0) is 36.4 Å². The van der Waals surface area contributed by atoms with Crippen LogP contribution in [0.5, 0.6) is 17.6 Å². The van der Waals surface area contributed by atoms with E-state index in [4.69, 9.17) is 9.15 Å². The summed E-state index contributed by atoms with van der Waals surface area (Å²) in [5, 5.41) is 13.2. The standard InChI is InChI=1S/C14H9FN2O4/c15-9-4-6-12(7-5-9)20-13-16-17(14(19)21-13)10-2-1-3-11(18)8-10/h1-8,18H. The number of rotatable bonds is 3. The molecule has 0 aliphatic heterocycles. The summed E-state index contributed by atoms with van der Waals surface area (Å²) in [4.78, 5) is 11.7. The summed E-state index contributed by atoms with van der Waals surface area (Å²) in [6, 6.07) is 11.1. The maximum Gasteiger partial charge on any atom is 0.444 e. The summed E-state index contributed by atoms with van der Waals surface area (Å²) in [6.45, 7) is 0. The molecule has 7 heteroatoms.